The molecule has 2 heterocycles. The van der Waals surface area contributed by atoms with Gasteiger partial charge in [0.15, 0.2) is 0 Å². The highest BCUT2D eigenvalue weighted by atomic mass is 32.2. The zero-order valence-electron chi connectivity index (χ0n) is 23.1. The Kier molecular flexibility index (Phi) is 8.06. The number of benzene rings is 3. The van der Waals surface area contributed by atoms with Crippen LogP contribution in [0, 0.1) is 0 Å². The van der Waals surface area contributed by atoms with E-state index in [2.05, 4.69) is 0 Å². The molecule has 0 amide bonds. The summed E-state index contributed by atoms with van der Waals surface area (Å²) in [4.78, 5) is 27.3. The number of allylic oxidation sites excluding steroid dienone is 1. The van der Waals surface area contributed by atoms with Gasteiger partial charge in [-0.3, -0.25) is 9.36 Å². The zero-order chi connectivity index (χ0) is 30.0. The highest BCUT2D eigenvalue weighted by Crippen LogP contribution is 2.45. The maximum atomic E-state index is 14.3. The molecule has 4 aromatic rings. The molecule has 0 aliphatic carbocycles. The van der Waals surface area contributed by atoms with Gasteiger partial charge in [0.25, 0.3) is 5.56 Å². The average Bonchev–Trinajstić information content (AvgIpc) is 3.33. The van der Waals surface area contributed by atoms with E-state index in [0.717, 1.165) is 15.9 Å². The molecule has 0 saturated heterocycles. The number of thiazole rings is 1. The summed E-state index contributed by atoms with van der Waals surface area (Å²) in [5, 5.41) is 0. The molecule has 1 aromatic heterocycles. The second kappa shape index (κ2) is 11.7. The maximum absolute atomic E-state index is 14.3. The van der Waals surface area contributed by atoms with Crippen LogP contribution in [0.25, 0.3) is 17.5 Å². The summed E-state index contributed by atoms with van der Waals surface area (Å²) in [5.41, 5.74) is 7.04. The van der Waals surface area contributed by atoms with Crippen LogP contribution in [0.2, 0.25) is 0 Å². The number of ether oxygens (including phenoxy) is 3. The van der Waals surface area contributed by atoms with Crippen molar-refractivity contribution < 1.29 is 27.4 Å². The van der Waals surface area contributed by atoms with E-state index in [1.807, 2.05) is 0 Å². The fourth-order valence-corrected chi connectivity index (χ4v) is 7.80. The third kappa shape index (κ3) is 4.90. The van der Waals surface area contributed by atoms with Crippen molar-refractivity contribution in [1.82, 2.24) is 4.57 Å². The second-order valence-electron chi connectivity index (χ2n) is 9.17. The molecule has 9 nitrogen and oxygen atoms in total. The number of methoxy groups -OCH3 is 2. The molecular weight excluding hydrogens is 576 g/mol. The summed E-state index contributed by atoms with van der Waals surface area (Å²) in [7, 11) is -1.38. The Bertz CT molecular complexity index is 1990. The van der Waals surface area contributed by atoms with E-state index in [1.54, 1.807) is 79.7 Å². The van der Waals surface area contributed by atoms with Gasteiger partial charge in [-0.25, -0.2) is 13.2 Å². The Hall–Kier alpha value is -4.61. The standard InChI is InChI=1S/C31H28N2O7S2/c1-4-40-31(35)26-25(21-15-9-11-17-23(21)39-3)27(42(36,37)20-13-6-5-7-14-20)28(32)33-29(34)24(41-30(26)33)18-19-12-8-10-16-22(19)38-2/h5-18,25H,4,32H2,1-3H3/b24-18-/t25-/m0/s1. The molecule has 0 spiro atoms. The number of esters is 1. The van der Waals surface area contributed by atoms with Gasteiger partial charge in [0.05, 0.1) is 41.7 Å². The van der Waals surface area contributed by atoms with Gasteiger partial charge in [0.1, 0.15) is 26.9 Å². The van der Waals surface area contributed by atoms with E-state index in [-0.39, 0.29) is 37.0 Å². The number of hydrogen-bond donors (Lipinski definition) is 1. The van der Waals surface area contributed by atoms with Gasteiger partial charge >= 0.3 is 5.97 Å². The highest BCUT2D eigenvalue weighted by Gasteiger charge is 2.43. The Labute approximate surface area is 246 Å². The van der Waals surface area contributed by atoms with Gasteiger partial charge in [-0.2, -0.15) is 0 Å². The number of hydrogen-bond acceptors (Lipinski definition) is 9. The van der Waals surface area contributed by atoms with Crippen molar-refractivity contribution in [2.45, 2.75) is 17.7 Å². The molecule has 1 aliphatic heterocycles. The number of aromatic nitrogens is 1. The van der Waals surface area contributed by atoms with Crippen molar-refractivity contribution in [3.63, 3.8) is 0 Å². The summed E-state index contributed by atoms with van der Waals surface area (Å²) >= 11 is 1.01. The topological polar surface area (TPSA) is 127 Å². The zero-order valence-corrected chi connectivity index (χ0v) is 24.7. The van der Waals surface area contributed by atoms with Gasteiger partial charge in [-0.05, 0) is 37.3 Å². The van der Waals surface area contributed by atoms with Crippen LogP contribution < -0.4 is 30.0 Å². The second-order valence-corrected chi connectivity index (χ2v) is 12.1. The van der Waals surface area contributed by atoms with Crippen LogP contribution in [-0.4, -0.2) is 39.8 Å². The van der Waals surface area contributed by atoms with Crippen LogP contribution >= 0.6 is 11.3 Å². The number of nitrogens with zero attached hydrogens (tertiary/aromatic N) is 1. The first kappa shape index (κ1) is 28.9. The molecule has 3 aromatic carbocycles. The molecule has 0 radical (unpaired) electrons. The Morgan fingerprint density at radius 3 is 2.24 bits per heavy atom. The molecule has 0 saturated carbocycles. The van der Waals surface area contributed by atoms with E-state index in [0.29, 0.717) is 22.6 Å². The van der Waals surface area contributed by atoms with Crippen LogP contribution in [0.3, 0.4) is 0 Å². The molecule has 0 unspecified atom stereocenters. The summed E-state index contributed by atoms with van der Waals surface area (Å²) in [6.07, 6.45) is 1.62. The monoisotopic (exact) mass is 604 g/mol. The third-order valence-electron chi connectivity index (χ3n) is 6.81. The van der Waals surface area contributed by atoms with Crippen LogP contribution in [0.1, 0.15) is 24.0 Å². The van der Waals surface area contributed by atoms with Crippen LogP contribution in [-0.2, 0) is 19.4 Å². The molecule has 11 heteroatoms. The number of rotatable bonds is 8. The summed E-state index contributed by atoms with van der Waals surface area (Å²) < 4.78 is 46.6. The minimum atomic E-state index is -4.35. The third-order valence-corrected chi connectivity index (χ3v) is 9.84. The predicted molar refractivity (Wildman–Crippen MR) is 161 cm³/mol. The number of para-hydroxylation sites is 2. The van der Waals surface area contributed by atoms with Gasteiger partial charge in [-0.15, -0.1) is 11.3 Å². The van der Waals surface area contributed by atoms with E-state index >= 15 is 0 Å². The van der Waals surface area contributed by atoms with Gasteiger partial charge in [-0.1, -0.05) is 54.6 Å². The van der Waals surface area contributed by atoms with E-state index < -0.39 is 27.3 Å². The molecule has 1 aliphatic rings. The lowest BCUT2D eigenvalue weighted by molar-refractivity contribution is -0.136. The fraction of sp³-hybridized carbons (Fsp3) is 0.161. The number of carbonyl (C=O) groups excluding carboxylic acids is 1. The lowest BCUT2D eigenvalue weighted by atomic mass is 9.89. The van der Waals surface area contributed by atoms with E-state index in [4.69, 9.17) is 19.9 Å². The number of fused-ring (bicyclic) bond motifs is 1. The molecular formula is C31H28N2O7S2. The number of nitrogens with two attached hydrogens (primary N) is 1. The quantitative estimate of drug-likeness (QED) is 0.304. The van der Waals surface area contributed by atoms with Crippen molar-refractivity contribution >= 4 is 44.6 Å². The number of carbonyl (C=O) groups is 1. The first-order valence-electron chi connectivity index (χ1n) is 13.0. The van der Waals surface area contributed by atoms with Crippen LogP contribution in [0.4, 0.5) is 0 Å². The van der Waals surface area contributed by atoms with Gasteiger partial charge in [0.2, 0.25) is 9.84 Å². The lowest BCUT2D eigenvalue weighted by Gasteiger charge is -2.28. The summed E-state index contributed by atoms with van der Waals surface area (Å²) in [5.74, 6) is -1.45. The Morgan fingerprint density at radius 2 is 1.57 bits per heavy atom. The summed E-state index contributed by atoms with van der Waals surface area (Å²) in [6.45, 7) is 1.67. The average molecular weight is 605 g/mol. The normalized spacial score (nSPS) is 15.4. The molecule has 1 atom stereocenters. The predicted octanol–water partition coefficient (Wildman–Crippen LogP) is 2.83. The molecule has 42 heavy (non-hydrogen) atoms. The SMILES string of the molecule is CCOC(=O)C1=c2s/c(=C\c3ccccc3OC)c(=O)n2C(N)=C(S(=O)(=O)c2ccccc2)[C@H]1c1ccccc1OC. The smallest absolute Gasteiger partial charge is 0.338 e. The highest BCUT2D eigenvalue weighted by molar-refractivity contribution is 7.95. The largest absolute Gasteiger partial charge is 0.496 e. The first-order chi connectivity index (χ1) is 20.2. The molecule has 0 bridgehead atoms. The van der Waals surface area contributed by atoms with Crippen molar-refractivity contribution in [2.75, 3.05) is 20.8 Å². The van der Waals surface area contributed by atoms with Crippen molar-refractivity contribution in [2.24, 2.45) is 5.73 Å². The lowest BCUT2D eigenvalue weighted by Crippen LogP contribution is -2.41. The first-order valence-corrected chi connectivity index (χ1v) is 15.3. The molecule has 0 fully saturated rings. The van der Waals surface area contributed by atoms with E-state index in [9.17, 15) is 18.0 Å². The van der Waals surface area contributed by atoms with Gasteiger partial charge < -0.3 is 19.9 Å². The van der Waals surface area contributed by atoms with E-state index in [1.165, 1.54) is 26.4 Å². The summed E-state index contributed by atoms with van der Waals surface area (Å²) in [6, 6.07) is 21.6. The fourth-order valence-electron chi connectivity index (χ4n) is 4.96. The minimum Gasteiger partial charge on any atom is -0.496 e. The number of sulfone groups is 1. The Balaban J connectivity index is 1.96. The van der Waals surface area contributed by atoms with Crippen molar-refractivity contribution in [3.8, 4) is 11.5 Å². The Morgan fingerprint density at radius 1 is 0.952 bits per heavy atom. The van der Waals surface area contributed by atoms with Crippen molar-refractivity contribution in [3.05, 3.63) is 114 Å². The van der Waals surface area contributed by atoms with Gasteiger partial charge in [0, 0.05) is 11.1 Å². The molecule has 2 N–H and O–H groups in total. The minimum absolute atomic E-state index is 0.0246. The molecule has 216 valence electrons. The maximum Gasteiger partial charge on any atom is 0.338 e. The van der Waals surface area contributed by atoms with Crippen molar-refractivity contribution in [1.29, 1.82) is 0 Å². The van der Waals surface area contributed by atoms with Crippen LogP contribution in [0.15, 0.2) is 93.5 Å². The molecule has 5 rings (SSSR count). The van der Waals surface area contributed by atoms with Crippen LogP contribution in [0.5, 0.6) is 11.5 Å².